The highest BCUT2D eigenvalue weighted by atomic mass is 79.9. The lowest BCUT2D eigenvalue weighted by molar-refractivity contribution is -0.138. The quantitative estimate of drug-likeness (QED) is 0.810. The molecule has 0 aliphatic rings. The van der Waals surface area contributed by atoms with Gasteiger partial charge in [0.1, 0.15) is 0 Å². The van der Waals surface area contributed by atoms with Gasteiger partial charge < -0.3 is 5.32 Å². The number of rotatable bonds is 3. The molecule has 0 saturated heterocycles. The molecule has 0 aliphatic carbocycles. The van der Waals surface area contributed by atoms with Crippen LogP contribution in [0.25, 0.3) is 0 Å². The minimum absolute atomic E-state index is 0.0253. The van der Waals surface area contributed by atoms with Crippen molar-refractivity contribution >= 4 is 37.4 Å². The third-order valence-corrected chi connectivity index (χ3v) is 4.89. The Hall–Kier alpha value is -1.87. The molecule has 0 spiro atoms. The van der Waals surface area contributed by atoms with E-state index in [1.54, 1.807) is 0 Å². The van der Waals surface area contributed by atoms with E-state index >= 15 is 0 Å². The van der Waals surface area contributed by atoms with Crippen molar-refractivity contribution in [3.8, 4) is 0 Å². The monoisotopic (exact) mass is 421 g/mol. The summed E-state index contributed by atoms with van der Waals surface area (Å²) in [5, 5.41) is 2.35. The molecule has 4 nitrogen and oxygen atoms in total. The second-order valence-corrected chi connectivity index (χ2v) is 7.81. The molecule has 0 aliphatic heterocycles. The molecule has 1 N–H and O–H groups in total. The smallest absolute Gasteiger partial charge is 0.322 e. The summed E-state index contributed by atoms with van der Waals surface area (Å²) in [6.45, 7) is 0. The molecule has 128 valence electrons. The maximum Gasteiger partial charge on any atom is 0.417 e. The molecule has 2 aromatic rings. The third kappa shape index (κ3) is 4.35. The van der Waals surface area contributed by atoms with Gasteiger partial charge in [-0.15, -0.1) is 0 Å². The standard InChI is InChI=1S/C15H11BrF3NO3S/c1-24(22,23)11-5-2-9(3-6-11)14(21)20-10-4-7-13(16)12(8-10)15(17,18)19/h2-8H,1H3,(H,20,21). The maximum absolute atomic E-state index is 12.8. The highest BCUT2D eigenvalue weighted by molar-refractivity contribution is 9.10. The van der Waals surface area contributed by atoms with Crippen molar-refractivity contribution in [2.24, 2.45) is 0 Å². The van der Waals surface area contributed by atoms with Gasteiger partial charge in [-0.05, 0) is 42.5 Å². The summed E-state index contributed by atoms with van der Waals surface area (Å²) < 4.78 is 61.1. The molecule has 1 amide bonds. The Morgan fingerprint density at radius 1 is 1.08 bits per heavy atom. The number of amides is 1. The second kappa shape index (κ2) is 6.56. The van der Waals surface area contributed by atoms with Crippen molar-refractivity contribution in [2.75, 3.05) is 11.6 Å². The van der Waals surface area contributed by atoms with E-state index in [0.29, 0.717) is 0 Å². The zero-order chi connectivity index (χ0) is 18.1. The van der Waals surface area contributed by atoms with Gasteiger partial charge in [-0.25, -0.2) is 8.42 Å². The Morgan fingerprint density at radius 3 is 2.17 bits per heavy atom. The Kier molecular flexibility index (Phi) is 5.05. The largest absolute Gasteiger partial charge is 0.417 e. The minimum Gasteiger partial charge on any atom is -0.322 e. The van der Waals surface area contributed by atoms with Gasteiger partial charge in [0.2, 0.25) is 0 Å². The first-order chi connectivity index (χ1) is 11.0. The molecular weight excluding hydrogens is 411 g/mol. The van der Waals surface area contributed by atoms with E-state index in [9.17, 15) is 26.4 Å². The van der Waals surface area contributed by atoms with E-state index in [1.807, 2.05) is 0 Å². The normalized spacial score (nSPS) is 12.0. The number of alkyl halides is 3. The average molecular weight is 422 g/mol. The Morgan fingerprint density at radius 2 is 1.67 bits per heavy atom. The van der Waals surface area contributed by atoms with Crippen LogP contribution in [0, 0.1) is 0 Å². The average Bonchev–Trinajstić information content (AvgIpc) is 2.47. The van der Waals surface area contributed by atoms with Gasteiger partial charge in [0, 0.05) is 22.0 Å². The lowest BCUT2D eigenvalue weighted by atomic mass is 10.1. The van der Waals surface area contributed by atoms with Crippen LogP contribution in [0.4, 0.5) is 18.9 Å². The van der Waals surface area contributed by atoms with E-state index in [-0.39, 0.29) is 20.6 Å². The van der Waals surface area contributed by atoms with Gasteiger partial charge in [0.15, 0.2) is 9.84 Å². The van der Waals surface area contributed by atoms with Crippen molar-refractivity contribution in [1.29, 1.82) is 0 Å². The molecule has 0 aromatic heterocycles. The zero-order valence-corrected chi connectivity index (χ0v) is 14.6. The summed E-state index contributed by atoms with van der Waals surface area (Å²) in [5.41, 5.74) is -0.811. The SMILES string of the molecule is CS(=O)(=O)c1ccc(C(=O)Nc2ccc(Br)c(C(F)(F)F)c2)cc1. The topological polar surface area (TPSA) is 63.2 Å². The molecule has 2 rings (SSSR count). The summed E-state index contributed by atoms with van der Waals surface area (Å²) in [6, 6.07) is 8.41. The van der Waals surface area contributed by atoms with Crippen LogP contribution in [-0.4, -0.2) is 20.6 Å². The number of nitrogens with one attached hydrogen (secondary N) is 1. The van der Waals surface area contributed by atoms with Crippen LogP contribution in [0.1, 0.15) is 15.9 Å². The molecule has 0 radical (unpaired) electrons. The number of carbonyl (C=O) groups is 1. The molecule has 0 heterocycles. The number of hydrogen-bond acceptors (Lipinski definition) is 3. The summed E-state index contributed by atoms with van der Waals surface area (Å²) in [7, 11) is -3.39. The van der Waals surface area contributed by atoms with E-state index in [2.05, 4.69) is 21.2 Å². The summed E-state index contributed by atoms with van der Waals surface area (Å²) >= 11 is 2.81. The molecule has 0 unspecified atom stereocenters. The first-order valence-electron chi connectivity index (χ1n) is 6.47. The predicted molar refractivity (Wildman–Crippen MR) is 86.6 cm³/mol. The van der Waals surface area contributed by atoms with E-state index < -0.39 is 27.5 Å². The molecule has 2 aromatic carbocycles. The number of benzene rings is 2. The van der Waals surface area contributed by atoms with Crippen molar-refractivity contribution in [3.05, 3.63) is 58.1 Å². The first-order valence-corrected chi connectivity index (χ1v) is 9.15. The molecule has 9 heteroatoms. The lowest BCUT2D eigenvalue weighted by Gasteiger charge is -2.12. The summed E-state index contributed by atoms with van der Waals surface area (Å²) in [6.07, 6.45) is -3.53. The number of halogens is 4. The van der Waals surface area contributed by atoms with E-state index in [0.717, 1.165) is 12.3 Å². The number of sulfone groups is 1. The first kappa shape index (κ1) is 18.5. The highest BCUT2D eigenvalue weighted by Gasteiger charge is 2.33. The van der Waals surface area contributed by atoms with Crippen molar-refractivity contribution in [3.63, 3.8) is 0 Å². The summed E-state index contributed by atoms with van der Waals surface area (Å²) in [5.74, 6) is -0.648. The van der Waals surface area contributed by atoms with Crippen molar-refractivity contribution in [1.82, 2.24) is 0 Å². The lowest BCUT2D eigenvalue weighted by Crippen LogP contribution is -2.13. The van der Waals surface area contributed by atoms with Gasteiger partial charge in [-0.3, -0.25) is 4.79 Å². The fourth-order valence-electron chi connectivity index (χ4n) is 1.88. The zero-order valence-electron chi connectivity index (χ0n) is 12.2. The fraction of sp³-hybridized carbons (Fsp3) is 0.133. The van der Waals surface area contributed by atoms with Gasteiger partial charge in [0.25, 0.3) is 5.91 Å². The van der Waals surface area contributed by atoms with Crippen LogP contribution >= 0.6 is 15.9 Å². The van der Waals surface area contributed by atoms with E-state index in [4.69, 9.17) is 0 Å². The van der Waals surface area contributed by atoms with Gasteiger partial charge in [0.05, 0.1) is 10.5 Å². The van der Waals surface area contributed by atoms with Gasteiger partial charge >= 0.3 is 6.18 Å². The van der Waals surface area contributed by atoms with Crippen LogP contribution in [0.3, 0.4) is 0 Å². The molecular formula is C15H11BrF3NO3S. The van der Waals surface area contributed by atoms with Crippen LogP contribution in [0.5, 0.6) is 0 Å². The second-order valence-electron chi connectivity index (χ2n) is 4.94. The number of hydrogen-bond donors (Lipinski definition) is 1. The third-order valence-electron chi connectivity index (χ3n) is 3.07. The predicted octanol–water partition coefficient (Wildman–Crippen LogP) is 4.12. The van der Waals surface area contributed by atoms with E-state index in [1.165, 1.54) is 36.4 Å². The van der Waals surface area contributed by atoms with Gasteiger partial charge in [-0.2, -0.15) is 13.2 Å². The molecule has 0 saturated carbocycles. The minimum atomic E-state index is -4.56. The molecule has 0 atom stereocenters. The molecule has 0 fully saturated rings. The summed E-state index contributed by atoms with van der Waals surface area (Å²) in [4.78, 5) is 12.1. The maximum atomic E-state index is 12.8. The number of anilines is 1. The number of carbonyl (C=O) groups excluding carboxylic acids is 1. The van der Waals surface area contributed by atoms with Crippen LogP contribution < -0.4 is 5.32 Å². The van der Waals surface area contributed by atoms with Gasteiger partial charge in [-0.1, -0.05) is 15.9 Å². The fourth-order valence-corrected chi connectivity index (χ4v) is 2.98. The van der Waals surface area contributed by atoms with Crippen LogP contribution in [0.15, 0.2) is 51.8 Å². The Labute approximate surface area is 144 Å². The van der Waals surface area contributed by atoms with Crippen LogP contribution in [0.2, 0.25) is 0 Å². The molecule has 0 bridgehead atoms. The van der Waals surface area contributed by atoms with Crippen molar-refractivity contribution in [2.45, 2.75) is 11.1 Å². The highest BCUT2D eigenvalue weighted by Crippen LogP contribution is 2.36. The molecule has 24 heavy (non-hydrogen) atoms. The van der Waals surface area contributed by atoms with Crippen molar-refractivity contribution < 1.29 is 26.4 Å². The Bertz CT molecular complexity index is 878. The van der Waals surface area contributed by atoms with Crippen LogP contribution in [-0.2, 0) is 16.0 Å². The Balaban J connectivity index is 2.24.